The zero-order valence-electron chi connectivity index (χ0n) is 18.3. The molecule has 0 fully saturated rings. The Bertz CT molecular complexity index is 1070. The van der Waals surface area contributed by atoms with Crippen LogP contribution in [0.25, 0.3) is 0 Å². The third-order valence-corrected chi connectivity index (χ3v) is 5.59. The van der Waals surface area contributed by atoms with Crippen molar-refractivity contribution < 1.29 is 19.4 Å². The van der Waals surface area contributed by atoms with E-state index < -0.39 is 17.9 Å². The number of benzene rings is 2. The van der Waals surface area contributed by atoms with Crippen LogP contribution < -0.4 is 10.6 Å². The van der Waals surface area contributed by atoms with Crippen molar-refractivity contribution in [2.24, 2.45) is 0 Å². The average molecular weight is 502 g/mol. The molecule has 1 amide bonds. The van der Waals surface area contributed by atoms with Crippen LogP contribution in [0.3, 0.4) is 0 Å². The van der Waals surface area contributed by atoms with Gasteiger partial charge in [0.2, 0.25) is 0 Å². The van der Waals surface area contributed by atoms with E-state index >= 15 is 0 Å². The van der Waals surface area contributed by atoms with Crippen LogP contribution in [0.5, 0.6) is 0 Å². The van der Waals surface area contributed by atoms with Crippen LogP contribution in [0.4, 0.5) is 5.82 Å². The first-order valence-corrected chi connectivity index (χ1v) is 11.5. The molecular weight excluding hydrogens is 477 g/mol. The van der Waals surface area contributed by atoms with E-state index in [1.807, 2.05) is 42.5 Å². The number of ether oxygens (including phenoxy) is 1. The summed E-state index contributed by atoms with van der Waals surface area (Å²) in [6.45, 7) is 1.81. The molecule has 3 rings (SSSR count). The number of pyridine rings is 1. The molecule has 9 heteroatoms. The second kappa shape index (κ2) is 12.9. The quantitative estimate of drug-likeness (QED) is 0.307. The van der Waals surface area contributed by atoms with Crippen LogP contribution in [-0.4, -0.2) is 41.2 Å². The van der Waals surface area contributed by atoms with E-state index in [2.05, 4.69) is 15.6 Å². The topological polar surface area (TPSA) is 101 Å². The molecule has 178 valence electrons. The Balaban J connectivity index is 1.45. The second-order valence-electron chi connectivity index (χ2n) is 7.53. The van der Waals surface area contributed by atoms with E-state index in [0.717, 1.165) is 29.9 Å². The van der Waals surface area contributed by atoms with Crippen LogP contribution in [-0.2, 0) is 22.6 Å². The number of aromatic nitrogens is 1. The molecule has 0 saturated heterocycles. The molecule has 3 N–H and O–H groups in total. The molecule has 1 atom stereocenters. The molecule has 0 saturated carbocycles. The van der Waals surface area contributed by atoms with E-state index in [1.165, 1.54) is 12.1 Å². The predicted octanol–water partition coefficient (Wildman–Crippen LogP) is 4.83. The fourth-order valence-corrected chi connectivity index (χ4v) is 3.77. The van der Waals surface area contributed by atoms with E-state index in [0.29, 0.717) is 13.2 Å². The monoisotopic (exact) mass is 501 g/mol. The first-order valence-electron chi connectivity index (χ1n) is 10.7. The summed E-state index contributed by atoms with van der Waals surface area (Å²) in [5.74, 6) is -0.947. The summed E-state index contributed by atoms with van der Waals surface area (Å²) >= 11 is 12.1. The van der Waals surface area contributed by atoms with Gasteiger partial charge in [0, 0.05) is 25.8 Å². The van der Waals surface area contributed by atoms with Gasteiger partial charge in [0.25, 0.3) is 5.91 Å². The maximum absolute atomic E-state index is 12.6. The minimum absolute atomic E-state index is 0.0554. The minimum atomic E-state index is -1.15. The Morgan fingerprint density at radius 1 is 0.971 bits per heavy atom. The molecule has 0 aliphatic rings. The Morgan fingerprint density at radius 2 is 1.68 bits per heavy atom. The molecule has 2 aromatic carbocycles. The normalized spacial score (nSPS) is 11.6. The van der Waals surface area contributed by atoms with Crippen LogP contribution in [0.1, 0.15) is 27.9 Å². The Kier molecular flexibility index (Phi) is 9.70. The number of rotatable bonds is 12. The summed E-state index contributed by atoms with van der Waals surface area (Å²) in [4.78, 5) is 28.5. The van der Waals surface area contributed by atoms with Crippen molar-refractivity contribution >= 4 is 40.9 Å². The largest absolute Gasteiger partial charge is 0.480 e. The molecular formula is C25H25Cl2N3O4. The Morgan fingerprint density at radius 3 is 2.32 bits per heavy atom. The van der Waals surface area contributed by atoms with Crippen molar-refractivity contribution in [3.05, 3.63) is 93.6 Å². The molecule has 0 spiro atoms. The van der Waals surface area contributed by atoms with Gasteiger partial charge in [-0.25, -0.2) is 9.78 Å². The van der Waals surface area contributed by atoms with Gasteiger partial charge in [-0.3, -0.25) is 4.79 Å². The van der Waals surface area contributed by atoms with Gasteiger partial charge < -0.3 is 20.5 Å². The smallest absolute Gasteiger partial charge is 0.326 e. The number of carbonyl (C=O) groups is 2. The summed E-state index contributed by atoms with van der Waals surface area (Å²) in [7, 11) is 0. The standard InChI is InChI=1S/C25H25Cl2N3O4/c26-19-5-3-6-20(27)23(19)24(31)30-21(25(32)33)15-17-8-10-18(11-9-17)16-34-14-4-13-29-22-7-1-2-12-28-22/h1-3,5-12,21H,4,13-16H2,(H,28,29)(H,30,31)(H,32,33)/t21-/m1/s1. The number of hydrogen-bond acceptors (Lipinski definition) is 5. The predicted molar refractivity (Wildman–Crippen MR) is 132 cm³/mol. The van der Waals surface area contributed by atoms with Gasteiger partial charge in [0.15, 0.2) is 0 Å². The molecule has 0 aliphatic carbocycles. The van der Waals surface area contributed by atoms with Crippen LogP contribution in [0, 0.1) is 0 Å². The Labute approximate surface area is 208 Å². The van der Waals surface area contributed by atoms with Gasteiger partial charge in [-0.15, -0.1) is 0 Å². The zero-order valence-corrected chi connectivity index (χ0v) is 19.9. The van der Waals surface area contributed by atoms with Crippen molar-refractivity contribution in [3.8, 4) is 0 Å². The lowest BCUT2D eigenvalue weighted by molar-refractivity contribution is -0.139. The van der Waals surface area contributed by atoms with E-state index in [1.54, 1.807) is 12.3 Å². The van der Waals surface area contributed by atoms with Gasteiger partial charge >= 0.3 is 5.97 Å². The molecule has 0 bridgehead atoms. The fraction of sp³-hybridized carbons (Fsp3) is 0.240. The summed E-state index contributed by atoms with van der Waals surface area (Å²) in [5, 5.41) is 15.6. The highest BCUT2D eigenvalue weighted by Crippen LogP contribution is 2.24. The number of carboxylic acid groups (broad SMARTS) is 1. The van der Waals surface area contributed by atoms with Crippen molar-refractivity contribution in [2.75, 3.05) is 18.5 Å². The molecule has 7 nitrogen and oxygen atoms in total. The molecule has 0 unspecified atom stereocenters. The van der Waals surface area contributed by atoms with Crippen LogP contribution in [0.15, 0.2) is 66.9 Å². The Hall–Kier alpha value is -3.13. The van der Waals surface area contributed by atoms with E-state index in [-0.39, 0.29) is 22.0 Å². The number of carboxylic acids is 1. The summed E-state index contributed by atoms with van der Waals surface area (Å²) < 4.78 is 5.70. The van der Waals surface area contributed by atoms with Crippen molar-refractivity contribution in [3.63, 3.8) is 0 Å². The van der Waals surface area contributed by atoms with Gasteiger partial charge in [-0.1, -0.05) is 59.6 Å². The van der Waals surface area contributed by atoms with Crippen molar-refractivity contribution in [1.29, 1.82) is 0 Å². The van der Waals surface area contributed by atoms with Crippen molar-refractivity contribution in [1.82, 2.24) is 10.3 Å². The zero-order chi connectivity index (χ0) is 24.3. The first kappa shape index (κ1) is 25.5. The number of nitrogens with one attached hydrogen (secondary N) is 2. The van der Waals surface area contributed by atoms with Gasteiger partial charge in [0.05, 0.1) is 22.2 Å². The van der Waals surface area contributed by atoms with E-state index in [4.69, 9.17) is 27.9 Å². The average Bonchev–Trinajstić information content (AvgIpc) is 2.82. The highest BCUT2D eigenvalue weighted by Gasteiger charge is 2.23. The van der Waals surface area contributed by atoms with Gasteiger partial charge in [-0.05, 0) is 41.8 Å². The van der Waals surface area contributed by atoms with Gasteiger partial charge in [-0.2, -0.15) is 0 Å². The maximum atomic E-state index is 12.6. The van der Waals surface area contributed by atoms with Gasteiger partial charge in [0.1, 0.15) is 11.9 Å². The maximum Gasteiger partial charge on any atom is 0.326 e. The summed E-state index contributed by atoms with van der Waals surface area (Å²) in [5.41, 5.74) is 1.79. The third kappa shape index (κ3) is 7.73. The number of aliphatic carboxylic acids is 1. The number of carbonyl (C=O) groups excluding carboxylic acids is 1. The number of anilines is 1. The number of hydrogen-bond donors (Lipinski definition) is 3. The SMILES string of the molecule is O=C(N[C@H](Cc1ccc(COCCCNc2ccccn2)cc1)C(=O)O)c1c(Cl)cccc1Cl. The lowest BCUT2D eigenvalue weighted by Gasteiger charge is -2.16. The van der Waals surface area contributed by atoms with Crippen LogP contribution >= 0.6 is 23.2 Å². The molecule has 0 radical (unpaired) electrons. The molecule has 1 heterocycles. The fourth-order valence-electron chi connectivity index (χ4n) is 3.20. The molecule has 3 aromatic rings. The lowest BCUT2D eigenvalue weighted by atomic mass is 10.0. The number of nitrogens with zero attached hydrogens (tertiary/aromatic N) is 1. The summed E-state index contributed by atoms with van der Waals surface area (Å²) in [6.07, 6.45) is 2.69. The highest BCUT2D eigenvalue weighted by atomic mass is 35.5. The third-order valence-electron chi connectivity index (χ3n) is 4.96. The molecule has 1 aromatic heterocycles. The number of amides is 1. The highest BCUT2D eigenvalue weighted by molar-refractivity contribution is 6.39. The molecule has 34 heavy (non-hydrogen) atoms. The minimum Gasteiger partial charge on any atom is -0.480 e. The lowest BCUT2D eigenvalue weighted by Crippen LogP contribution is -2.42. The van der Waals surface area contributed by atoms with Crippen molar-refractivity contribution in [2.45, 2.75) is 25.5 Å². The second-order valence-corrected chi connectivity index (χ2v) is 8.34. The first-order chi connectivity index (χ1) is 16.4. The summed E-state index contributed by atoms with van der Waals surface area (Å²) in [6, 6.07) is 16.7. The number of halogens is 2. The van der Waals surface area contributed by atoms with Crippen LogP contribution in [0.2, 0.25) is 10.0 Å². The van der Waals surface area contributed by atoms with E-state index in [9.17, 15) is 14.7 Å². The molecule has 0 aliphatic heterocycles.